The van der Waals surface area contributed by atoms with Crippen molar-refractivity contribution in [2.75, 3.05) is 30.7 Å². The zero-order chi connectivity index (χ0) is 24.8. The molecule has 3 aromatic rings. The van der Waals surface area contributed by atoms with Crippen molar-refractivity contribution in [2.45, 2.75) is 63.8 Å². The molecule has 0 radical (unpaired) electrons. The second-order valence-corrected chi connectivity index (χ2v) is 10.3. The number of fused-ring (bicyclic) bond motifs is 1. The van der Waals surface area contributed by atoms with Crippen molar-refractivity contribution in [3.8, 4) is 16.9 Å². The summed E-state index contributed by atoms with van der Waals surface area (Å²) in [5.41, 5.74) is 7.25. The Morgan fingerprint density at radius 1 is 1.06 bits per heavy atom. The summed E-state index contributed by atoms with van der Waals surface area (Å²) in [4.78, 5) is 10.8. The molecule has 3 N–H and O–H groups in total. The van der Waals surface area contributed by atoms with Gasteiger partial charge in [-0.15, -0.1) is 5.10 Å². The van der Waals surface area contributed by atoms with E-state index >= 15 is 8.78 Å². The molecule has 2 aromatic heterocycles. The summed E-state index contributed by atoms with van der Waals surface area (Å²) in [5, 5.41) is 14.9. The first-order valence-corrected chi connectivity index (χ1v) is 12.9. The van der Waals surface area contributed by atoms with Crippen LogP contribution in [0.5, 0.6) is 0 Å². The van der Waals surface area contributed by atoms with Gasteiger partial charge in [0.1, 0.15) is 11.5 Å². The van der Waals surface area contributed by atoms with Crippen LogP contribution >= 0.6 is 0 Å². The van der Waals surface area contributed by atoms with Crippen molar-refractivity contribution in [3.05, 3.63) is 35.2 Å². The van der Waals surface area contributed by atoms with E-state index in [-0.39, 0.29) is 28.9 Å². The van der Waals surface area contributed by atoms with E-state index in [4.69, 9.17) is 5.73 Å². The minimum absolute atomic E-state index is 0.00933. The van der Waals surface area contributed by atoms with Gasteiger partial charge in [0.25, 0.3) is 0 Å². The SMILES string of the molecule is Cc1nnnn1-c1cc(-c2nc(N)nc(NC[C@@H]3CCCN4CCCC[C@H]34)c2F)c(F)cc1C1CC1. The second-order valence-electron chi connectivity index (χ2n) is 10.3. The topological polar surface area (TPSA) is 111 Å². The van der Waals surface area contributed by atoms with Gasteiger partial charge in [0.2, 0.25) is 5.95 Å². The molecule has 4 heterocycles. The number of nitrogens with two attached hydrogens (primary N) is 1. The van der Waals surface area contributed by atoms with Crippen LogP contribution in [0.3, 0.4) is 0 Å². The van der Waals surface area contributed by atoms with E-state index in [0.29, 0.717) is 30.0 Å². The van der Waals surface area contributed by atoms with Gasteiger partial charge in [-0.3, -0.25) is 0 Å². The summed E-state index contributed by atoms with van der Waals surface area (Å²) in [7, 11) is 0. The third-order valence-electron chi connectivity index (χ3n) is 7.87. The summed E-state index contributed by atoms with van der Waals surface area (Å²) in [5.74, 6) is -0.165. The Balaban J connectivity index is 1.33. The molecule has 2 atom stereocenters. The Bertz CT molecular complexity index is 1270. The first kappa shape index (κ1) is 23.2. The maximum atomic E-state index is 15.8. The number of hydrogen-bond acceptors (Lipinski definition) is 8. The van der Waals surface area contributed by atoms with Crippen LogP contribution in [0.15, 0.2) is 12.1 Å². The van der Waals surface area contributed by atoms with Crippen molar-refractivity contribution in [3.63, 3.8) is 0 Å². The van der Waals surface area contributed by atoms with Crippen LogP contribution in [0.1, 0.15) is 62.3 Å². The smallest absolute Gasteiger partial charge is 0.222 e. The number of aryl methyl sites for hydroxylation is 1. The number of nitrogens with zero attached hydrogens (tertiary/aromatic N) is 7. The number of nitrogens with one attached hydrogen (secondary N) is 1. The molecule has 3 aliphatic rings. The van der Waals surface area contributed by atoms with Crippen molar-refractivity contribution < 1.29 is 8.78 Å². The van der Waals surface area contributed by atoms with Gasteiger partial charge in [0.05, 0.1) is 5.69 Å². The number of aromatic nitrogens is 6. The normalized spacial score (nSPS) is 22.4. The number of hydrogen-bond donors (Lipinski definition) is 2. The summed E-state index contributed by atoms with van der Waals surface area (Å²) < 4.78 is 32.7. The molecule has 11 heteroatoms. The Kier molecular flexibility index (Phi) is 6.02. The largest absolute Gasteiger partial charge is 0.368 e. The Morgan fingerprint density at radius 3 is 2.67 bits per heavy atom. The molecule has 36 heavy (non-hydrogen) atoms. The molecule has 2 saturated heterocycles. The van der Waals surface area contributed by atoms with Crippen LogP contribution in [-0.4, -0.2) is 60.8 Å². The number of halogens is 2. The molecule has 6 rings (SSSR count). The summed E-state index contributed by atoms with van der Waals surface area (Å²) in [6, 6.07) is 3.53. The van der Waals surface area contributed by atoms with Gasteiger partial charge in [0.15, 0.2) is 17.5 Å². The molecule has 1 aromatic carbocycles. The third-order valence-corrected chi connectivity index (χ3v) is 7.87. The molecular weight excluding hydrogens is 464 g/mol. The minimum atomic E-state index is -0.710. The molecule has 1 saturated carbocycles. The van der Waals surface area contributed by atoms with Crippen LogP contribution in [0.4, 0.5) is 20.5 Å². The van der Waals surface area contributed by atoms with Crippen molar-refractivity contribution >= 4 is 11.8 Å². The molecule has 0 amide bonds. The van der Waals surface area contributed by atoms with Crippen LogP contribution in [-0.2, 0) is 0 Å². The van der Waals surface area contributed by atoms with Gasteiger partial charge < -0.3 is 16.0 Å². The Morgan fingerprint density at radius 2 is 1.89 bits per heavy atom. The maximum Gasteiger partial charge on any atom is 0.222 e. The molecule has 1 aliphatic carbocycles. The second kappa shape index (κ2) is 9.34. The quantitative estimate of drug-likeness (QED) is 0.531. The van der Waals surface area contributed by atoms with Gasteiger partial charge in [-0.1, -0.05) is 6.42 Å². The molecule has 3 fully saturated rings. The number of benzene rings is 1. The van der Waals surface area contributed by atoms with Crippen molar-refractivity contribution in [1.29, 1.82) is 0 Å². The number of rotatable bonds is 6. The lowest BCUT2D eigenvalue weighted by Crippen LogP contribution is -2.49. The van der Waals surface area contributed by atoms with Gasteiger partial charge in [-0.2, -0.15) is 9.67 Å². The van der Waals surface area contributed by atoms with E-state index in [1.54, 1.807) is 17.7 Å². The van der Waals surface area contributed by atoms with Crippen LogP contribution in [0.2, 0.25) is 0 Å². The lowest BCUT2D eigenvalue weighted by Gasteiger charge is -2.44. The Labute approximate surface area is 208 Å². The van der Waals surface area contributed by atoms with Crippen molar-refractivity contribution in [1.82, 2.24) is 35.1 Å². The molecule has 0 bridgehead atoms. The predicted molar refractivity (Wildman–Crippen MR) is 132 cm³/mol. The lowest BCUT2D eigenvalue weighted by molar-refractivity contribution is 0.0648. The summed E-state index contributed by atoms with van der Waals surface area (Å²) in [6.07, 6.45) is 7.81. The van der Waals surface area contributed by atoms with Gasteiger partial charge in [0, 0.05) is 18.2 Å². The fourth-order valence-corrected chi connectivity index (χ4v) is 5.92. The highest BCUT2D eigenvalue weighted by Gasteiger charge is 2.33. The van der Waals surface area contributed by atoms with E-state index in [9.17, 15) is 0 Å². The highest BCUT2D eigenvalue weighted by molar-refractivity contribution is 5.69. The fraction of sp³-hybridized carbons (Fsp3) is 0.560. The van der Waals surface area contributed by atoms with Crippen molar-refractivity contribution in [2.24, 2.45) is 5.92 Å². The average molecular weight is 496 g/mol. The number of nitrogen functional groups attached to an aromatic ring is 1. The fourth-order valence-electron chi connectivity index (χ4n) is 5.92. The van der Waals surface area contributed by atoms with E-state index in [2.05, 4.69) is 35.7 Å². The van der Waals surface area contributed by atoms with E-state index in [1.165, 1.54) is 25.3 Å². The highest BCUT2D eigenvalue weighted by Crippen LogP contribution is 2.44. The number of anilines is 2. The highest BCUT2D eigenvalue weighted by atomic mass is 19.1. The van der Waals surface area contributed by atoms with Crippen LogP contribution in [0.25, 0.3) is 16.9 Å². The number of tetrazole rings is 1. The molecular formula is C25H31F2N9. The predicted octanol–water partition coefficient (Wildman–Crippen LogP) is 3.84. The molecule has 2 aliphatic heterocycles. The average Bonchev–Trinajstić information content (AvgIpc) is 3.64. The van der Waals surface area contributed by atoms with Crippen LogP contribution < -0.4 is 11.1 Å². The molecule has 0 spiro atoms. The lowest BCUT2D eigenvalue weighted by atomic mass is 9.83. The van der Waals surface area contributed by atoms with Crippen LogP contribution in [0, 0.1) is 24.5 Å². The molecule has 9 nitrogen and oxygen atoms in total. The van der Waals surface area contributed by atoms with E-state index in [1.807, 2.05) is 0 Å². The minimum Gasteiger partial charge on any atom is -0.368 e. The van der Waals surface area contributed by atoms with Gasteiger partial charge >= 0.3 is 0 Å². The summed E-state index contributed by atoms with van der Waals surface area (Å²) >= 11 is 0. The van der Waals surface area contributed by atoms with E-state index < -0.39 is 11.6 Å². The maximum absolute atomic E-state index is 15.8. The molecule has 190 valence electrons. The Hall–Kier alpha value is -3.21. The van der Waals surface area contributed by atoms with Gasteiger partial charge in [-0.05, 0) is 98.5 Å². The zero-order valence-electron chi connectivity index (χ0n) is 20.4. The standard InChI is InChI=1S/C25H31F2N9/c1-14-32-33-34-36(14)21-12-18(19(26)11-17(21)15-7-8-15)23-22(27)24(31-25(28)30-23)29-13-16-5-4-10-35-9-3-2-6-20(16)35/h11-12,15-16,20H,2-10,13H2,1H3,(H3,28,29,30,31)/t16-,20+/m0/s1. The molecule has 0 unspecified atom stereocenters. The third kappa shape index (κ3) is 4.29. The first-order valence-electron chi connectivity index (χ1n) is 12.9. The van der Waals surface area contributed by atoms with Gasteiger partial charge in [-0.25, -0.2) is 13.8 Å². The number of piperidine rings is 2. The van der Waals surface area contributed by atoms with E-state index in [0.717, 1.165) is 44.3 Å². The monoisotopic (exact) mass is 495 g/mol. The zero-order valence-corrected chi connectivity index (χ0v) is 20.4. The summed E-state index contributed by atoms with van der Waals surface area (Å²) in [6.45, 7) is 4.63. The first-order chi connectivity index (χ1) is 17.5.